The van der Waals surface area contributed by atoms with Gasteiger partial charge < -0.3 is 4.84 Å². The van der Waals surface area contributed by atoms with Crippen LogP contribution in [-0.2, 0) is 4.84 Å². The Morgan fingerprint density at radius 3 is 2.20 bits per heavy atom. The molecule has 0 N–H and O–H groups in total. The molecule has 0 aliphatic heterocycles. The SMILES string of the molecule is C(=NOC1CCCC1)c1ccc(C2CCCCC2)cc1. The number of benzene rings is 1. The maximum Gasteiger partial charge on any atom is 0.127 e. The molecule has 0 aromatic heterocycles. The summed E-state index contributed by atoms with van der Waals surface area (Å²) in [7, 11) is 0. The third-order valence-electron chi connectivity index (χ3n) is 4.73. The van der Waals surface area contributed by atoms with Crippen molar-refractivity contribution in [1.82, 2.24) is 0 Å². The molecular formula is C18H25NO. The number of oxime groups is 1. The summed E-state index contributed by atoms with van der Waals surface area (Å²) in [5.41, 5.74) is 2.64. The van der Waals surface area contributed by atoms with Gasteiger partial charge in [-0.3, -0.25) is 0 Å². The van der Waals surface area contributed by atoms with Gasteiger partial charge in [0.25, 0.3) is 0 Å². The Labute approximate surface area is 122 Å². The van der Waals surface area contributed by atoms with E-state index in [1.807, 2.05) is 6.21 Å². The molecule has 0 radical (unpaired) electrons. The molecule has 108 valence electrons. The third kappa shape index (κ3) is 3.62. The summed E-state index contributed by atoms with van der Waals surface area (Å²) in [5.74, 6) is 0.782. The molecule has 0 saturated heterocycles. The fourth-order valence-electron chi connectivity index (χ4n) is 3.46. The van der Waals surface area contributed by atoms with E-state index in [4.69, 9.17) is 4.84 Å². The zero-order chi connectivity index (χ0) is 13.6. The zero-order valence-corrected chi connectivity index (χ0v) is 12.3. The highest BCUT2D eigenvalue weighted by Gasteiger charge is 2.16. The fourth-order valence-corrected chi connectivity index (χ4v) is 3.46. The van der Waals surface area contributed by atoms with E-state index in [2.05, 4.69) is 29.4 Å². The van der Waals surface area contributed by atoms with Gasteiger partial charge >= 0.3 is 0 Å². The van der Waals surface area contributed by atoms with Crippen LogP contribution in [0.3, 0.4) is 0 Å². The Morgan fingerprint density at radius 1 is 0.850 bits per heavy atom. The summed E-state index contributed by atoms with van der Waals surface area (Å²) in [5, 5.41) is 4.14. The van der Waals surface area contributed by atoms with Crippen molar-refractivity contribution in [2.24, 2.45) is 5.16 Å². The van der Waals surface area contributed by atoms with Gasteiger partial charge in [-0.05, 0) is 55.6 Å². The quantitative estimate of drug-likeness (QED) is 0.556. The van der Waals surface area contributed by atoms with E-state index in [0.29, 0.717) is 6.10 Å². The van der Waals surface area contributed by atoms with Crippen LogP contribution in [0.5, 0.6) is 0 Å². The molecule has 0 bridgehead atoms. The van der Waals surface area contributed by atoms with Gasteiger partial charge in [0.15, 0.2) is 0 Å². The number of nitrogens with zero attached hydrogens (tertiary/aromatic N) is 1. The molecule has 3 rings (SSSR count). The minimum absolute atomic E-state index is 0.354. The average molecular weight is 271 g/mol. The van der Waals surface area contributed by atoms with Crippen molar-refractivity contribution in [3.05, 3.63) is 35.4 Å². The standard InChI is InChI=1S/C18H25NO/c1-2-6-16(7-3-1)17-12-10-15(11-13-17)14-19-20-18-8-4-5-9-18/h10-14,16,18H,1-9H2. The Hall–Kier alpha value is -1.31. The monoisotopic (exact) mass is 271 g/mol. The Morgan fingerprint density at radius 2 is 1.50 bits per heavy atom. The largest absolute Gasteiger partial charge is 0.393 e. The van der Waals surface area contributed by atoms with Crippen molar-refractivity contribution in [1.29, 1.82) is 0 Å². The molecule has 1 aromatic rings. The second-order valence-corrected chi connectivity index (χ2v) is 6.25. The van der Waals surface area contributed by atoms with E-state index in [0.717, 1.165) is 24.3 Å². The summed E-state index contributed by atoms with van der Waals surface area (Å²) >= 11 is 0. The lowest BCUT2D eigenvalue weighted by atomic mass is 9.84. The molecule has 2 fully saturated rings. The number of hydrogen-bond acceptors (Lipinski definition) is 2. The fraction of sp³-hybridized carbons (Fsp3) is 0.611. The second kappa shape index (κ2) is 6.92. The van der Waals surface area contributed by atoms with Gasteiger partial charge in [-0.25, -0.2) is 0 Å². The predicted molar refractivity (Wildman–Crippen MR) is 83.2 cm³/mol. The first kappa shape index (κ1) is 13.7. The molecular weight excluding hydrogens is 246 g/mol. The minimum Gasteiger partial charge on any atom is -0.393 e. The van der Waals surface area contributed by atoms with E-state index in [1.165, 1.54) is 50.5 Å². The smallest absolute Gasteiger partial charge is 0.127 e. The lowest BCUT2D eigenvalue weighted by molar-refractivity contribution is 0.0657. The molecule has 0 unspecified atom stereocenters. The highest BCUT2D eigenvalue weighted by atomic mass is 16.6. The molecule has 2 saturated carbocycles. The van der Waals surface area contributed by atoms with Crippen molar-refractivity contribution in [2.75, 3.05) is 0 Å². The molecule has 20 heavy (non-hydrogen) atoms. The van der Waals surface area contributed by atoms with Gasteiger partial charge in [0, 0.05) is 0 Å². The maximum absolute atomic E-state index is 5.52. The van der Waals surface area contributed by atoms with Gasteiger partial charge in [0.1, 0.15) is 6.10 Å². The predicted octanol–water partition coefficient (Wildman–Crippen LogP) is 5.03. The first-order valence-electron chi connectivity index (χ1n) is 8.21. The van der Waals surface area contributed by atoms with Crippen LogP contribution in [-0.4, -0.2) is 12.3 Å². The van der Waals surface area contributed by atoms with Crippen LogP contribution in [0.15, 0.2) is 29.4 Å². The van der Waals surface area contributed by atoms with Crippen molar-refractivity contribution < 1.29 is 4.84 Å². The van der Waals surface area contributed by atoms with E-state index in [-0.39, 0.29) is 0 Å². The van der Waals surface area contributed by atoms with Crippen LogP contribution in [0.2, 0.25) is 0 Å². The Balaban J connectivity index is 1.53. The van der Waals surface area contributed by atoms with Crippen LogP contribution in [0.25, 0.3) is 0 Å². The van der Waals surface area contributed by atoms with Crippen LogP contribution >= 0.6 is 0 Å². The lowest BCUT2D eigenvalue weighted by Crippen LogP contribution is -2.04. The molecule has 2 aliphatic carbocycles. The molecule has 0 spiro atoms. The average Bonchev–Trinajstić information content (AvgIpc) is 3.02. The summed E-state index contributed by atoms with van der Waals surface area (Å²) in [6, 6.07) is 8.89. The lowest BCUT2D eigenvalue weighted by Gasteiger charge is -2.21. The minimum atomic E-state index is 0.354. The summed E-state index contributed by atoms with van der Waals surface area (Å²) in [4.78, 5) is 5.52. The summed E-state index contributed by atoms with van der Waals surface area (Å²) in [6.45, 7) is 0. The molecule has 1 aromatic carbocycles. The zero-order valence-electron chi connectivity index (χ0n) is 12.3. The topological polar surface area (TPSA) is 21.6 Å². The van der Waals surface area contributed by atoms with Gasteiger partial charge in [0.05, 0.1) is 6.21 Å². The van der Waals surface area contributed by atoms with Crippen molar-refractivity contribution in [3.8, 4) is 0 Å². The molecule has 0 heterocycles. The second-order valence-electron chi connectivity index (χ2n) is 6.25. The van der Waals surface area contributed by atoms with Crippen LogP contribution in [0.4, 0.5) is 0 Å². The van der Waals surface area contributed by atoms with Crippen LogP contribution in [0, 0.1) is 0 Å². The highest BCUT2D eigenvalue weighted by molar-refractivity contribution is 5.79. The van der Waals surface area contributed by atoms with E-state index in [9.17, 15) is 0 Å². The van der Waals surface area contributed by atoms with Gasteiger partial charge in [-0.2, -0.15) is 0 Å². The maximum atomic E-state index is 5.52. The Kier molecular flexibility index (Phi) is 4.73. The van der Waals surface area contributed by atoms with E-state index < -0.39 is 0 Å². The van der Waals surface area contributed by atoms with Gasteiger partial charge in [-0.15, -0.1) is 0 Å². The van der Waals surface area contributed by atoms with Gasteiger partial charge in [0.2, 0.25) is 0 Å². The molecule has 0 atom stereocenters. The van der Waals surface area contributed by atoms with Crippen molar-refractivity contribution >= 4 is 6.21 Å². The number of rotatable bonds is 4. The normalized spacial score (nSPS) is 21.6. The van der Waals surface area contributed by atoms with Crippen molar-refractivity contribution in [3.63, 3.8) is 0 Å². The molecule has 2 nitrogen and oxygen atoms in total. The van der Waals surface area contributed by atoms with E-state index >= 15 is 0 Å². The van der Waals surface area contributed by atoms with Gasteiger partial charge in [-0.1, -0.05) is 48.7 Å². The van der Waals surface area contributed by atoms with Crippen LogP contribution < -0.4 is 0 Å². The van der Waals surface area contributed by atoms with Crippen LogP contribution in [0.1, 0.15) is 74.8 Å². The Bertz CT molecular complexity index is 425. The van der Waals surface area contributed by atoms with E-state index in [1.54, 1.807) is 0 Å². The molecule has 2 aliphatic rings. The summed E-state index contributed by atoms with van der Waals surface area (Å²) < 4.78 is 0. The summed E-state index contributed by atoms with van der Waals surface area (Å²) in [6.07, 6.45) is 14.0. The first-order chi connectivity index (χ1) is 9.92. The third-order valence-corrected chi connectivity index (χ3v) is 4.73. The van der Waals surface area contributed by atoms with Crippen molar-refractivity contribution in [2.45, 2.75) is 69.8 Å². The highest BCUT2D eigenvalue weighted by Crippen LogP contribution is 2.32. The molecule has 0 amide bonds. The molecule has 2 heteroatoms. The number of hydrogen-bond donors (Lipinski definition) is 0. The first-order valence-corrected chi connectivity index (χ1v) is 8.21.